The minimum absolute atomic E-state index is 0.149. The molecule has 1 aromatic rings. The van der Waals surface area contributed by atoms with Crippen molar-refractivity contribution >= 4 is 17.1 Å². The van der Waals surface area contributed by atoms with Crippen molar-refractivity contribution in [3.05, 3.63) is 41.5 Å². The molecule has 0 fully saturated rings. The second-order valence-electron chi connectivity index (χ2n) is 3.24. The monoisotopic (exact) mass is 197 g/mol. The molecule has 0 aliphatic heterocycles. The molecule has 3 heteroatoms. The van der Waals surface area contributed by atoms with E-state index in [0.717, 1.165) is 0 Å². The van der Waals surface area contributed by atoms with E-state index in [1.165, 1.54) is 6.08 Å². The van der Waals surface area contributed by atoms with Crippen molar-refractivity contribution in [2.75, 3.05) is 0 Å². The number of allylic oxidation sites excluding steroid dienone is 2. The van der Waals surface area contributed by atoms with E-state index in [9.17, 15) is 9.59 Å². The van der Waals surface area contributed by atoms with Gasteiger partial charge in [-0.2, -0.15) is 5.26 Å². The molecule has 0 amide bonds. The molecule has 0 unspecified atom stereocenters. The fourth-order valence-corrected chi connectivity index (χ4v) is 1.63. The Morgan fingerprint density at radius 2 is 1.80 bits per heavy atom. The number of carbonyl (C=O) groups is 2. The molecule has 2 rings (SSSR count). The fraction of sp³-hybridized carbons (Fsp3) is 0.0833. The van der Waals surface area contributed by atoms with Gasteiger partial charge in [0.25, 0.3) is 0 Å². The predicted octanol–water partition coefficient (Wildman–Crippen LogP) is 1.75. The topological polar surface area (TPSA) is 57.9 Å². The summed E-state index contributed by atoms with van der Waals surface area (Å²) in [6.45, 7) is 0. The average Bonchev–Trinajstić information content (AvgIpc) is 2.26. The average molecular weight is 197 g/mol. The molecule has 0 atom stereocenters. The van der Waals surface area contributed by atoms with Gasteiger partial charge in [0.05, 0.1) is 12.5 Å². The lowest BCUT2D eigenvalue weighted by atomic mass is 9.88. The van der Waals surface area contributed by atoms with Crippen LogP contribution in [0.1, 0.15) is 22.3 Å². The largest absolute Gasteiger partial charge is 0.286 e. The van der Waals surface area contributed by atoms with Crippen LogP contribution in [0.2, 0.25) is 0 Å². The minimum atomic E-state index is -0.543. The van der Waals surface area contributed by atoms with Gasteiger partial charge in [-0.25, -0.2) is 0 Å². The first kappa shape index (κ1) is 9.35. The number of nitriles is 1. The highest BCUT2D eigenvalue weighted by atomic mass is 16.2. The Morgan fingerprint density at radius 3 is 2.47 bits per heavy atom. The van der Waals surface area contributed by atoms with Gasteiger partial charge in [-0.3, -0.25) is 9.59 Å². The summed E-state index contributed by atoms with van der Waals surface area (Å²) in [5, 5.41) is 8.61. The smallest absolute Gasteiger partial charge is 0.233 e. The summed E-state index contributed by atoms with van der Waals surface area (Å²) in [5.41, 5.74) is 1.72. The van der Waals surface area contributed by atoms with Crippen LogP contribution in [0.3, 0.4) is 0 Å². The van der Waals surface area contributed by atoms with Gasteiger partial charge in [0.1, 0.15) is 0 Å². The second-order valence-corrected chi connectivity index (χ2v) is 3.24. The Morgan fingerprint density at radius 1 is 1.13 bits per heavy atom. The van der Waals surface area contributed by atoms with E-state index in [1.807, 2.05) is 6.07 Å². The number of ketones is 2. The molecule has 0 radical (unpaired) electrons. The summed E-state index contributed by atoms with van der Waals surface area (Å²) in [7, 11) is 0. The van der Waals surface area contributed by atoms with Crippen LogP contribution in [0.15, 0.2) is 30.3 Å². The standard InChI is InChI=1S/C12H7NO2/c13-6-5-8-7-11(14)12(15)10-4-2-1-3-9(8)10/h1-4,7H,5H2. The molecule has 15 heavy (non-hydrogen) atoms. The summed E-state index contributed by atoms with van der Waals surface area (Å²) in [5.74, 6) is -1.04. The van der Waals surface area contributed by atoms with Crippen LogP contribution >= 0.6 is 0 Å². The van der Waals surface area contributed by atoms with Crippen molar-refractivity contribution < 1.29 is 9.59 Å². The summed E-state index contributed by atoms with van der Waals surface area (Å²) in [6, 6.07) is 8.84. The fourth-order valence-electron chi connectivity index (χ4n) is 1.63. The van der Waals surface area contributed by atoms with E-state index in [1.54, 1.807) is 24.3 Å². The molecule has 1 aromatic carbocycles. The zero-order valence-electron chi connectivity index (χ0n) is 7.86. The Bertz CT molecular complexity index is 521. The highest BCUT2D eigenvalue weighted by Crippen LogP contribution is 2.26. The highest BCUT2D eigenvalue weighted by Gasteiger charge is 2.24. The lowest BCUT2D eigenvalue weighted by Crippen LogP contribution is -2.18. The van der Waals surface area contributed by atoms with E-state index in [4.69, 9.17) is 5.26 Å². The number of carbonyl (C=O) groups excluding carboxylic acids is 2. The Hall–Kier alpha value is -2.21. The lowest BCUT2D eigenvalue weighted by Gasteiger charge is -2.13. The molecule has 0 saturated heterocycles. The first-order valence-corrected chi connectivity index (χ1v) is 4.49. The number of nitrogens with zero attached hydrogens (tertiary/aromatic N) is 1. The Kier molecular flexibility index (Phi) is 2.18. The number of hydrogen-bond acceptors (Lipinski definition) is 3. The maximum absolute atomic E-state index is 11.5. The molecule has 0 saturated carbocycles. The van der Waals surface area contributed by atoms with Gasteiger partial charge in [0, 0.05) is 5.56 Å². The highest BCUT2D eigenvalue weighted by molar-refractivity contribution is 6.50. The van der Waals surface area contributed by atoms with E-state index in [2.05, 4.69) is 0 Å². The van der Waals surface area contributed by atoms with Crippen LogP contribution in [0.5, 0.6) is 0 Å². The first-order chi connectivity index (χ1) is 7.24. The minimum Gasteiger partial charge on any atom is -0.286 e. The summed E-state index contributed by atoms with van der Waals surface area (Å²) in [6.07, 6.45) is 1.41. The molecule has 0 spiro atoms. The summed E-state index contributed by atoms with van der Waals surface area (Å²) < 4.78 is 0. The summed E-state index contributed by atoms with van der Waals surface area (Å²) in [4.78, 5) is 22.8. The van der Waals surface area contributed by atoms with E-state index >= 15 is 0 Å². The maximum Gasteiger partial charge on any atom is 0.233 e. The number of rotatable bonds is 1. The van der Waals surface area contributed by atoms with Gasteiger partial charge >= 0.3 is 0 Å². The number of Topliss-reactive ketones (excluding diaryl/α,β-unsaturated/α-hetero) is 1. The third-order valence-corrected chi connectivity index (χ3v) is 2.32. The van der Waals surface area contributed by atoms with Gasteiger partial charge in [0.15, 0.2) is 0 Å². The van der Waals surface area contributed by atoms with Crippen molar-refractivity contribution in [3.8, 4) is 6.07 Å². The molecule has 72 valence electrons. The van der Waals surface area contributed by atoms with Crippen LogP contribution in [0, 0.1) is 11.3 Å². The van der Waals surface area contributed by atoms with Crippen molar-refractivity contribution in [2.45, 2.75) is 6.42 Å². The quantitative estimate of drug-likeness (QED) is 0.644. The van der Waals surface area contributed by atoms with E-state index < -0.39 is 11.6 Å². The number of benzene rings is 1. The maximum atomic E-state index is 11.5. The van der Waals surface area contributed by atoms with Crippen LogP contribution in [0.4, 0.5) is 0 Å². The SMILES string of the molecule is N#CCC1=CC(=O)C(=O)c2ccccc21. The summed E-state index contributed by atoms with van der Waals surface area (Å²) >= 11 is 0. The Balaban J connectivity index is 2.62. The zero-order valence-corrected chi connectivity index (χ0v) is 7.86. The first-order valence-electron chi connectivity index (χ1n) is 4.49. The molecule has 1 aliphatic carbocycles. The molecule has 0 aromatic heterocycles. The van der Waals surface area contributed by atoms with Crippen molar-refractivity contribution in [2.24, 2.45) is 0 Å². The zero-order chi connectivity index (χ0) is 10.8. The predicted molar refractivity (Wildman–Crippen MR) is 54.0 cm³/mol. The van der Waals surface area contributed by atoms with Gasteiger partial charge in [-0.1, -0.05) is 24.3 Å². The number of hydrogen-bond donors (Lipinski definition) is 0. The van der Waals surface area contributed by atoms with Gasteiger partial charge in [0.2, 0.25) is 11.6 Å². The van der Waals surface area contributed by atoms with Gasteiger partial charge in [-0.05, 0) is 17.2 Å². The van der Waals surface area contributed by atoms with Crippen LogP contribution in [-0.2, 0) is 4.79 Å². The molecule has 0 heterocycles. The molecule has 3 nitrogen and oxygen atoms in total. The van der Waals surface area contributed by atoms with E-state index in [0.29, 0.717) is 16.7 Å². The van der Waals surface area contributed by atoms with Crippen LogP contribution < -0.4 is 0 Å². The van der Waals surface area contributed by atoms with Crippen LogP contribution in [-0.4, -0.2) is 11.6 Å². The molecule has 0 N–H and O–H groups in total. The van der Waals surface area contributed by atoms with Crippen molar-refractivity contribution in [1.29, 1.82) is 5.26 Å². The van der Waals surface area contributed by atoms with Crippen molar-refractivity contribution in [3.63, 3.8) is 0 Å². The molecule has 0 bridgehead atoms. The normalized spacial score (nSPS) is 14.2. The van der Waals surface area contributed by atoms with Crippen molar-refractivity contribution in [1.82, 2.24) is 0 Å². The number of fused-ring (bicyclic) bond motifs is 1. The van der Waals surface area contributed by atoms with Gasteiger partial charge < -0.3 is 0 Å². The second kappa shape index (κ2) is 3.50. The Labute approximate surface area is 86.6 Å². The molecule has 1 aliphatic rings. The lowest BCUT2D eigenvalue weighted by molar-refractivity contribution is -0.111. The van der Waals surface area contributed by atoms with Gasteiger partial charge in [-0.15, -0.1) is 0 Å². The van der Waals surface area contributed by atoms with E-state index in [-0.39, 0.29) is 6.42 Å². The molecular weight excluding hydrogens is 190 g/mol. The van der Waals surface area contributed by atoms with Crippen LogP contribution in [0.25, 0.3) is 5.57 Å². The molecular formula is C12H7NO2. The third kappa shape index (κ3) is 1.46. The third-order valence-electron chi connectivity index (χ3n) is 2.32.